The molecule has 0 spiro atoms. The number of anilines is 2. The van der Waals surface area contributed by atoms with Crippen LogP contribution in [-0.4, -0.2) is 37.3 Å². The smallest absolute Gasteiger partial charge is 0.326 e. The van der Waals surface area contributed by atoms with E-state index in [1.54, 1.807) is 24.3 Å². The number of carbonyl (C=O) groups is 2. The van der Waals surface area contributed by atoms with Gasteiger partial charge in [-0.3, -0.25) is 9.59 Å². The van der Waals surface area contributed by atoms with Gasteiger partial charge in [0.25, 0.3) is 0 Å². The standard InChI is InChI=1S/C19H16ClF3N6O2S/c1-10(17(31)25-16-7-6-12(20)8-15(16)19(21,22)23)32-18-26-27-28-29(18)14-5-3-4-13(9-14)24-11(2)30/h3-10H,1-2H3,(H,24,30)(H,25,31). The van der Waals surface area contributed by atoms with Crippen LogP contribution in [0.4, 0.5) is 24.5 Å². The number of nitrogens with zero attached hydrogens (tertiary/aromatic N) is 4. The van der Waals surface area contributed by atoms with Crippen LogP contribution in [0.2, 0.25) is 5.02 Å². The van der Waals surface area contributed by atoms with Gasteiger partial charge in [0.05, 0.1) is 22.2 Å². The summed E-state index contributed by atoms with van der Waals surface area (Å²) >= 11 is 6.62. The Kier molecular flexibility index (Phi) is 7.04. The molecule has 2 N–H and O–H groups in total. The van der Waals surface area contributed by atoms with Crippen molar-refractivity contribution in [3.63, 3.8) is 0 Å². The normalized spacial score (nSPS) is 12.3. The number of tetrazole rings is 1. The predicted octanol–water partition coefficient (Wildman–Crippen LogP) is 4.41. The lowest BCUT2D eigenvalue weighted by Crippen LogP contribution is -2.24. The Morgan fingerprint density at radius 2 is 1.91 bits per heavy atom. The molecule has 0 bridgehead atoms. The van der Waals surface area contributed by atoms with Gasteiger partial charge in [-0.15, -0.1) is 5.10 Å². The van der Waals surface area contributed by atoms with Crippen molar-refractivity contribution in [2.45, 2.75) is 30.4 Å². The molecule has 1 atom stereocenters. The summed E-state index contributed by atoms with van der Waals surface area (Å²) in [4.78, 5) is 23.8. The molecule has 0 fully saturated rings. The molecule has 32 heavy (non-hydrogen) atoms. The minimum Gasteiger partial charge on any atom is -0.326 e. The zero-order valence-electron chi connectivity index (χ0n) is 16.6. The van der Waals surface area contributed by atoms with Crippen molar-refractivity contribution in [2.75, 3.05) is 10.6 Å². The van der Waals surface area contributed by atoms with E-state index >= 15 is 0 Å². The van der Waals surface area contributed by atoms with Crippen molar-refractivity contribution in [1.29, 1.82) is 0 Å². The molecule has 1 aromatic heterocycles. The minimum absolute atomic E-state index is 0.0987. The van der Waals surface area contributed by atoms with Crippen LogP contribution in [0.3, 0.4) is 0 Å². The second-order valence-corrected chi connectivity index (χ2v) is 8.29. The number of aromatic nitrogens is 4. The molecule has 0 aliphatic heterocycles. The third-order valence-electron chi connectivity index (χ3n) is 4.05. The van der Waals surface area contributed by atoms with Crippen molar-refractivity contribution in [1.82, 2.24) is 20.2 Å². The Balaban J connectivity index is 1.77. The fourth-order valence-electron chi connectivity index (χ4n) is 2.64. The number of alkyl halides is 3. The van der Waals surface area contributed by atoms with Crippen molar-refractivity contribution < 1.29 is 22.8 Å². The van der Waals surface area contributed by atoms with Crippen LogP contribution < -0.4 is 10.6 Å². The molecule has 1 heterocycles. The molecule has 3 aromatic rings. The van der Waals surface area contributed by atoms with Gasteiger partial charge in [0, 0.05) is 17.6 Å². The fraction of sp³-hybridized carbons (Fsp3) is 0.211. The molecule has 2 amide bonds. The molecule has 0 radical (unpaired) electrons. The lowest BCUT2D eigenvalue weighted by Gasteiger charge is -2.16. The van der Waals surface area contributed by atoms with Crippen LogP contribution in [0.15, 0.2) is 47.6 Å². The molecule has 168 valence electrons. The molecule has 0 saturated carbocycles. The fourth-order valence-corrected chi connectivity index (χ4v) is 3.62. The van der Waals surface area contributed by atoms with Gasteiger partial charge in [0.1, 0.15) is 0 Å². The number of rotatable bonds is 6. The zero-order chi connectivity index (χ0) is 23.5. The summed E-state index contributed by atoms with van der Waals surface area (Å²) in [7, 11) is 0. The van der Waals surface area contributed by atoms with Crippen LogP contribution in [0.5, 0.6) is 0 Å². The Bertz CT molecular complexity index is 1150. The Morgan fingerprint density at radius 3 is 2.59 bits per heavy atom. The highest BCUT2D eigenvalue weighted by Gasteiger charge is 2.34. The van der Waals surface area contributed by atoms with Gasteiger partial charge < -0.3 is 10.6 Å². The zero-order valence-corrected chi connectivity index (χ0v) is 18.2. The molecule has 0 aliphatic carbocycles. The number of thioether (sulfide) groups is 1. The third kappa shape index (κ3) is 5.77. The number of nitrogens with one attached hydrogen (secondary N) is 2. The molecule has 2 aromatic carbocycles. The molecule has 0 saturated heterocycles. The molecular formula is C19H16ClF3N6O2S. The second-order valence-electron chi connectivity index (χ2n) is 6.54. The van der Waals surface area contributed by atoms with E-state index in [2.05, 4.69) is 26.2 Å². The highest BCUT2D eigenvalue weighted by molar-refractivity contribution is 8.00. The van der Waals surface area contributed by atoms with Crippen molar-refractivity contribution in [3.8, 4) is 5.69 Å². The predicted molar refractivity (Wildman–Crippen MR) is 114 cm³/mol. The molecular weight excluding hydrogens is 469 g/mol. The molecule has 3 rings (SSSR count). The number of hydrogen-bond donors (Lipinski definition) is 2. The Morgan fingerprint density at radius 1 is 1.16 bits per heavy atom. The summed E-state index contributed by atoms with van der Waals surface area (Å²) in [6.07, 6.45) is -4.69. The highest BCUT2D eigenvalue weighted by atomic mass is 35.5. The summed E-state index contributed by atoms with van der Waals surface area (Å²) in [5.41, 5.74) is -0.403. The maximum atomic E-state index is 13.3. The lowest BCUT2D eigenvalue weighted by molar-refractivity contribution is -0.137. The number of benzene rings is 2. The number of carbonyl (C=O) groups excluding carboxylic acids is 2. The average molecular weight is 485 g/mol. The van der Waals surface area contributed by atoms with E-state index in [9.17, 15) is 22.8 Å². The summed E-state index contributed by atoms with van der Waals surface area (Å²) in [5.74, 6) is -0.927. The third-order valence-corrected chi connectivity index (χ3v) is 5.32. The van der Waals surface area contributed by atoms with Gasteiger partial charge in [0.2, 0.25) is 17.0 Å². The summed E-state index contributed by atoms with van der Waals surface area (Å²) in [6, 6.07) is 9.80. The quantitative estimate of drug-likeness (QED) is 0.502. The lowest BCUT2D eigenvalue weighted by atomic mass is 10.1. The van der Waals surface area contributed by atoms with Crippen LogP contribution in [0.1, 0.15) is 19.4 Å². The molecule has 1 unspecified atom stereocenters. The first kappa shape index (κ1) is 23.5. The van der Waals surface area contributed by atoms with E-state index in [1.807, 2.05) is 0 Å². The maximum absolute atomic E-state index is 13.3. The second kappa shape index (κ2) is 9.57. The summed E-state index contributed by atoms with van der Waals surface area (Å²) < 4.78 is 41.1. The monoisotopic (exact) mass is 484 g/mol. The topological polar surface area (TPSA) is 102 Å². The van der Waals surface area contributed by atoms with Gasteiger partial charge in [0.15, 0.2) is 0 Å². The SMILES string of the molecule is CC(=O)Nc1cccc(-n2nnnc2SC(C)C(=O)Nc2ccc(Cl)cc2C(F)(F)F)c1. The van der Waals surface area contributed by atoms with E-state index in [0.29, 0.717) is 11.4 Å². The summed E-state index contributed by atoms with van der Waals surface area (Å²) in [5, 5.41) is 15.6. The number of amides is 2. The number of hydrogen-bond acceptors (Lipinski definition) is 6. The van der Waals surface area contributed by atoms with Crippen molar-refractivity contribution in [3.05, 3.63) is 53.1 Å². The maximum Gasteiger partial charge on any atom is 0.418 e. The average Bonchev–Trinajstić information content (AvgIpc) is 3.16. The van der Waals surface area contributed by atoms with Crippen LogP contribution in [0, 0.1) is 0 Å². The van der Waals surface area contributed by atoms with Crippen molar-refractivity contribution >= 4 is 46.6 Å². The van der Waals surface area contributed by atoms with Crippen molar-refractivity contribution in [2.24, 2.45) is 0 Å². The van der Waals surface area contributed by atoms with Gasteiger partial charge >= 0.3 is 6.18 Å². The van der Waals surface area contributed by atoms with Crippen LogP contribution in [0.25, 0.3) is 5.69 Å². The van der Waals surface area contributed by atoms with E-state index in [-0.39, 0.29) is 16.1 Å². The van der Waals surface area contributed by atoms with Gasteiger partial charge in [-0.2, -0.15) is 17.9 Å². The van der Waals surface area contributed by atoms with Gasteiger partial charge in [-0.1, -0.05) is 29.4 Å². The highest BCUT2D eigenvalue weighted by Crippen LogP contribution is 2.37. The van der Waals surface area contributed by atoms with Crippen LogP contribution >= 0.6 is 23.4 Å². The van der Waals surface area contributed by atoms with Gasteiger partial charge in [-0.25, -0.2) is 0 Å². The Labute approximate surface area is 189 Å². The van der Waals surface area contributed by atoms with E-state index in [0.717, 1.165) is 23.9 Å². The first-order valence-corrected chi connectivity index (χ1v) is 10.3. The largest absolute Gasteiger partial charge is 0.418 e. The molecule has 0 aliphatic rings. The van der Waals surface area contributed by atoms with E-state index < -0.39 is 28.6 Å². The molecule has 8 nitrogen and oxygen atoms in total. The minimum atomic E-state index is -4.69. The Hall–Kier alpha value is -3.12. The molecule has 13 heteroatoms. The number of halogens is 4. The van der Waals surface area contributed by atoms with E-state index in [4.69, 9.17) is 11.6 Å². The summed E-state index contributed by atoms with van der Waals surface area (Å²) in [6.45, 7) is 2.88. The van der Waals surface area contributed by atoms with Gasteiger partial charge in [-0.05, 0) is 53.7 Å². The van der Waals surface area contributed by atoms with Crippen LogP contribution in [-0.2, 0) is 15.8 Å². The first-order chi connectivity index (χ1) is 15.0. The first-order valence-electron chi connectivity index (χ1n) is 9.05. The van der Waals surface area contributed by atoms with E-state index in [1.165, 1.54) is 24.6 Å².